The molecule has 1 aromatic carbocycles. The van der Waals surface area contributed by atoms with Crippen LogP contribution in [0.15, 0.2) is 45.3 Å². The van der Waals surface area contributed by atoms with Crippen LogP contribution in [0.25, 0.3) is 0 Å². The van der Waals surface area contributed by atoms with Crippen molar-refractivity contribution in [1.29, 1.82) is 0 Å². The zero-order valence-corrected chi connectivity index (χ0v) is 13.6. The molecule has 1 N–H and O–H groups in total. The Labute approximate surface area is 132 Å². The van der Waals surface area contributed by atoms with E-state index in [0.29, 0.717) is 12.6 Å². The van der Waals surface area contributed by atoms with E-state index in [4.69, 9.17) is 4.42 Å². The van der Waals surface area contributed by atoms with Crippen molar-refractivity contribution in [2.45, 2.75) is 25.9 Å². The van der Waals surface area contributed by atoms with Crippen molar-refractivity contribution in [3.63, 3.8) is 0 Å². The van der Waals surface area contributed by atoms with E-state index < -0.39 is 5.97 Å². The van der Waals surface area contributed by atoms with Crippen LogP contribution in [-0.2, 0) is 17.7 Å². The Balaban J connectivity index is 1.83. The molecule has 0 aliphatic rings. The molecule has 0 saturated heterocycles. The molecule has 0 amide bonds. The number of hydrogen-bond acceptors (Lipinski definition) is 4. The highest BCUT2D eigenvalue weighted by Crippen LogP contribution is 2.13. The van der Waals surface area contributed by atoms with Crippen molar-refractivity contribution in [2.24, 2.45) is 0 Å². The van der Waals surface area contributed by atoms with E-state index in [1.807, 2.05) is 12.1 Å². The second-order valence-electron chi connectivity index (χ2n) is 4.87. The quantitative estimate of drug-likeness (QED) is 0.808. The average Bonchev–Trinajstić information content (AvgIpc) is 2.96. The van der Waals surface area contributed by atoms with E-state index in [2.05, 4.69) is 45.0 Å². The first-order chi connectivity index (χ1) is 10.1. The van der Waals surface area contributed by atoms with Gasteiger partial charge in [-0.25, -0.2) is 4.79 Å². The molecule has 0 bridgehead atoms. The second-order valence-corrected chi connectivity index (χ2v) is 5.79. The number of esters is 1. The van der Waals surface area contributed by atoms with E-state index >= 15 is 0 Å². The van der Waals surface area contributed by atoms with Crippen molar-refractivity contribution >= 4 is 21.9 Å². The Bertz CT molecular complexity index is 592. The molecule has 21 heavy (non-hydrogen) atoms. The maximum absolute atomic E-state index is 11.3. The lowest BCUT2D eigenvalue weighted by Crippen LogP contribution is -2.27. The van der Waals surface area contributed by atoms with Crippen molar-refractivity contribution in [2.75, 3.05) is 7.11 Å². The summed E-state index contributed by atoms with van der Waals surface area (Å²) in [5, 5.41) is 3.37. The van der Waals surface area contributed by atoms with E-state index in [1.165, 1.54) is 12.7 Å². The molecule has 0 radical (unpaired) electrons. The number of carbonyl (C=O) groups is 1. The summed E-state index contributed by atoms with van der Waals surface area (Å²) in [5.41, 5.74) is 1.27. The molecule has 1 unspecified atom stereocenters. The van der Waals surface area contributed by atoms with Gasteiger partial charge in [0.25, 0.3) is 0 Å². The maximum Gasteiger partial charge on any atom is 0.373 e. The molecule has 1 atom stereocenters. The molecule has 1 heterocycles. The normalized spacial score (nSPS) is 12.1. The topological polar surface area (TPSA) is 51.5 Å². The molecule has 1 aromatic heterocycles. The first kappa shape index (κ1) is 15.8. The van der Waals surface area contributed by atoms with E-state index in [-0.39, 0.29) is 5.76 Å². The summed E-state index contributed by atoms with van der Waals surface area (Å²) >= 11 is 3.43. The number of carbonyl (C=O) groups excluding carboxylic acids is 1. The molecule has 0 aliphatic heterocycles. The summed E-state index contributed by atoms with van der Waals surface area (Å²) in [6, 6.07) is 12.0. The Morgan fingerprint density at radius 2 is 2.00 bits per heavy atom. The molecular formula is C16H18BrNO3. The number of methoxy groups -OCH3 is 1. The van der Waals surface area contributed by atoms with E-state index in [9.17, 15) is 4.79 Å². The fourth-order valence-corrected chi connectivity index (χ4v) is 2.27. The Morgan fingerprint density at radius 1 is 1.29 bits per heavy atom. The highest BCUT2D eigenvalue weighted by atomic mass is 79.9. The van der Waals surface area contributed by atoms with Crippen molar-refractivity contribution in [3.8, 4) is 0 Å². The van der Waals surface area contributed by atoms with Gasteiger partial charge in [0.2, 0.25) is 5.76 Å². The van der Waals surface area contributed by atoms with Gasteiger partial charge in [0.15, 0.2) is 0 Å². The smallest absolute Gasteiger partial charge is 0.373 e. The number of hydrogen-bond donors (Lipinski definition) is 1. The zero-order chi connectivity index (χ0) is 15.2. The van der Waals surface area contributed by atoms with Gasteiger partial charge in [-0.3, -0.25) is 0 Å². The van der Waals surface area contributed by atoms with Gasteiger partial charge in [0.1, 0.15) is 5.76 Å². The van der Waals surface area contributed by atoms with Crippen LogP contribution in [0, 0.1) is 0 Å². The van der Waals surface area contributed by atoms with Crippen LogP contribution in [0.1, 0.15) is 28.8 Å². The van der Waals surface area contributed by atoms with Gasteiger partial charge in [-0.1, -0.05) is 28.1 Å². The third kappa shape index (κ3) is 4.72. The summed E-state index contributed by atoms with van der Waals surface area (Å²) in [7, 11) is 1.34. The van der Waals surface area contributed by atoms with Gasteiger partial charge in [0, 0.05) is 10.5 Å². The molecule has 112 valence electrons. The Hall–Kier alpha value is -1.59. The van der Waals surface area contributed by atoms with Gasteiger partial charge in [-0.05, 0) is 43.2 Å². The van der Waals surface area contributed by atoms with Crippen LogP contribution in [0.2, 0.25) is 0 Å². The third-order valence-electron chi connectivity index (χ3n) is 3.13. The molecule has 0 saturated carbocycles. The molecule has 2 aromatic rings. The van der Waals surface area contributed by atoms with Crippen LogP contribution < -0.4 is 5.32 Å². The number of ether oxygens (including phenoxy) is 1. The summed E-state index contributed by atoms with van der Waals surface area (Å²) in [4.78, 5) is 11.3. The summed E-state index contributed by atoms with van der Waals surface area (Å²) in [6.45, 7) is 2.70. The Kier molecular flexibility index (Phi) is 5.59. The minimum atomic E-state index is -0.454. The highest BCUT2D eigenvalue weighted by Gasteiger charge is 2.11. The van der Waals surface area contributed by atoms with Gasteiger partial charge < -0.3 is 14.5 Å². The van der Waals surface area contributed by atoms with Crippen LogP contribution in [0.5, 0.6) is 0 Å². The summed E-state index contributed by atoms with van der Waals surface area (Å²) in [5.74, 6) is 0.497. The molecule has 0 spiro atoms. The number of halogens is 1. The molecule has 4 nitrogen and oxygen atoms in total. The van der Waals surface area contributed by atoms with Crippen LogP contribution >= 0.6 is 15.9 Å². The van der Waals surface area contributed by atoms with Crippen molar-refractivity contribution in [3.05, 3.63) is 58.0 Å². The van der Waals surface area contributed by atoms with Gasteiger partial charge in [-0.15, -0.1) is 0 Å². The van der Waals surface area contributed by atoms with E-state index in [0.717, 1.165) is 16.7 Å². The summed E-state index contributed by atoms with van der Waals surface area (Å²) in [6.07, 6.45) is 0.928. The summed E-state index contributed by atoms with van der Waals surface area (Å²) < 4.78 is 11.1. The zero-order valence-electron chi connectivity index (χ0n) is 12.1. The first-order valence-corrected chi connectivity index (χ1v) is 7.52. The fourth-order valence-electron chi connectivity index (χ4n) is 2.00. The molecule has 0 fully saturated rings. The standard InChI is InChI=1S/C16H18BrNO3/c1-11(9-12-3-5-13(17)6-4-12)18-10-14-7-8-15(21-14)16(19)20-2/h3-8,11,18H,9-10H2,1-2H3. The lowest BCUT2D eigenvalue weighted by Gasteiger charge is -2.13. The van der Waals surface area contributed by atoms with Crippen molar-refractivity contribution < 1.29 is 13.9 Å². The van der Waals surface area contributed by atoms with Gasteiger partial charge in [-0.2, -0.15) is 0 Å². The largest absolute Gasteiger partial charge is 0.463 e. The lowest BCUT2D eigenvalue weighted by atomic mass is 10.1. The van der Waals surface area contributed by atoms with Crippen molar-refractivity contribution in [1.82, 2.24) is 5.32 Å². The number of nitrogens with one attached hydrogen (secondary N) is 1. The number of rotatable bonds is 6. The van der Waals surface area contributed by atoms with Gasteiger partial charge in [0.05, 0.1) is 13.7 Å². The lowest BCUT2D eigenvalue weighted by molar-refractivity contribution is 0.0563. The maximum atomic E-state index is 11.3. The Morgan fingerprint density at radius 3 is 2.67 bits per heavy atom. The average molecular weight is 352 g/mol. The fraction of sp³-hybridized carbons (Fsp3) is 0.312. The predicted octanol–water partition coefficient (Wildman–Crippen LogP) is 3.55. The number of furan rings is 1. The highest BCUT2D eigenvalue weighted by molar-refractivity contribution is 9.10. The molecule has 2 rings (SSSR count). The molecule has 0 aliphatic carbocycles. The second kappa shape index (κ2) is 7.43. The van der Waals surface area contributed by atoms with Crippen LogP contribution in [0.4, 0.5) is 0 Å². The minimum Gasteiger partial charge on any atom is -0.463 e. The van der Waals surface area contributed by atoms with Gasteiger partial charge >= 0.3 is 5.97 Å². The predicted molar refractivity (Wildman–Crippen MR) is 84.2 cm³/mol. The monoisotopic (exact) mass is 351 g/mol. The first-order valence-electron chi connectivity index (χ1n) is 6.73. The molecular weight excluding hydrogens is 334 g/mol. The molecule has 5 heteroatoms. The van der Waals surface area contributed by atoms with E-state index in [1.54, 1.807) is 12.1 Å². The number of benzene rings is 1. The minimum absolute atomic E-state index is 0.231. The van der Waals surface area contributed by atoms with Crippen LogP contribution in [0.3, 0.4) is 0 Å². The SMILES string of the molecule is COC(=O)c1ccc(CNC(C)Cc2ccc(Br)cc2)o1. The van der Waals surface area contributed by atoms with Crippen LogP contribution in [-0.4, -0.2) is 19.1 Å². The third-order valence-corrected chi connectivity index (χ3v) is 3.66.